The molecule has 5 nitrogen and oxygen atoms in total. The molecule has 1 amide bonds. The highest BCUT2D eigenvalue weighted by Crippen LogP contribution is 2.29. The highest BCUT2D eigenvalue weighted by atomic mass is 19.1. The lowest BCUT2D eigenvalue weighted by Crippen LogP contribution is -2.38. The first kappa shape index (κ1) is 15.4. The highest BCUT2D eigenvalue weighted by Gasteiger charge is 2.26. The summed E-state index contributed by atoms with van der Waals surface area (Å²) in [6, 6.07) is 4.47. The number of amides is 1. The van der Waals surface area contributed by atoms with Crippen molar-refractivity contribution in [3.05, 3.63) is 29.6 Å². The lowest BCUT2D eigenvalue weighted by molar-refractivity contribution is -0.138. The van der Waals surface area contributed by atoms with Crippen LogP contribution in [0.25, 0.3) is 0 Å². The second-order valence-electron chi connectivity index (χ2n) is 5.52. The molecule has 0 bridgehead atoms. The molecule has 0 radical (unpaired) electrons. The van der Waals surface area contributed by atoms with Crippen molar-refractivity contribution in [2.24, 2.45) is 5.92 Å². The zero-order valence-corrected chi connectivity index (χ0v) is 11.9. The molecule has 1 aromatic rings. The average molecular weight is 294 g/mol. The second kappa shape index (κ2) is 6.67. The molecule has 1 saturated carbocycles. The normalized spacial score (nSPS) is 14.2. The van der Waals surface area contributed by atoms with E-state index in [-0.39, 0.29) is 24.8 Å². The maximum absolute atomic E-state index is 13.4. The zero-order valence-electron chi connectivity index (χ0n) is 11.9. The molecule has 0 aromatic heterocycles. The van der Waals surface area contributed by atoms with Gasteiger partial charge in [-0.3, -0.25) is 14.5 Å². The summed E-state index contributed by atoms with van der Waals surface area (Å²) in [5.74, 6) is -1.17. The molecule has 1 aliphatic carbocycles. The van der Waals surface area contributed by atoms with Gasteiger partial charge in [-0.2, -0.15) is 0 Å². The van der Waals surface area contributed by atoms with Crippen LogP contribution in [0.15, 0.2) is 18.2 Å². The van der Waals surface area contributed by atoms with E-state index in [1.165, 1.54) is 6.07 Å². The van der Waals surface area contributed by atoms with E-state index >= 15 is 0 Å². The van der Waals surface area contributed by atoms with Crippen LogP contribution in [0, 0.1) is 18.7 Å². The molecule has 0 spiro atoms. The van der Waals surface area contributed by atoms with Crippen LogP contribution in [0.4, 0.5) is 10.1 Å². The van der Waals surface area contributed by atoms with Crippen LogP contribution in [0.1, 0.15) is 18.4 Å². The number of nitrogens with one attached hydrogen (secondary N) is 1. The summed E-state index contributed by atoms with van der Waals surface area (Å²) in [7, 11) is 0. The minimum absolute atomic E-state index is 0.00169. The summed E-state index contributed by atoms with van der Waals surface area (Å²) in [4.78, 5) is 24.4. The summed E-state index contributed by atoms with van der Waals surface area (Å²) < 4.78 is 13.4. The Hall–Kier alpha value is -1.95. The number of carbonyl (C=O) groups is 2. The van der Waals surface area contributed by atoms with Crippen LogP contribution >= 0.6 is 0 Å². The number of benzene rings is 1. The third-order valence-electron chi connectivity index (χ3n) is 3.39. The van der Waals surface area contributed by atoms with Gasteiger partial charge in [0, 0.05) is 12.2 Å². The number of carboxylic acids is 1. The Morgan fingerprint density at radius 3 is 2.67 bits per heavy atom. The molecule has 2 N–H and O–H groups in total. The van der Waals surface area contributed by atoms with E-state index < -0.39 is 5.97 Å². The van der Waals surface area contributed by atoms with Crippen LogP contribution in [0.3, 0.4) is 0 Å². The Bertz CT molecular complexity index is 544. The number of anilines is 1. The number of carbonyl (C=O) groups excluding carboxylic acids is 1. The molecule has 1 fully saturated rings. The summed E-state index contributed by atoms with van der Waals surface area (Å²) in [6.07, 6.45) is 2.17. The zero-order chi connectivity index (χ0) is 15.4. The first-order chi connectivity index (χ1) is 9.94. The van der Waals surface area contributed by atoms with Crippen LogP contribution in [0.2, 0.25) is 0 Å². The van der Waals surface area contributed by atoms with Gasteiger partial charge in [-0.05, 0) is 43.4 Å². The lowest BCUT2D eigenvalue weighted by atomic mass is 10.2. The lowest BCUT2D eigenvalue weighted by Gasteiger charge is -2.19. The van der Waals surface area contributed by atoms with Gasteiger partial charge < -0.3 is 10.4 Å². The molecule has 0 saturated heterocycles. The molecule has 6 heteroatoms. The molecule has 0 heterocycles. The number of carboxylic acid groups (broad SMARTS) is 1. The first-order valence-electron chi connectivity index (χ1n) is 6.94. The monoisotopic (exact) mass is 294 g/mol. The van der Waals surface area contributed by atoms with Gasteiger partial charge in [0.15, 0.2) is 0 Å². The van der Waals surface area contributed by atoms with Crippen molar-refractivity contribution in [2.45, 2.75) is 19.8 Å². The maximum Gasteiger partial charge on any atom is 0.317 e. The van der Waals surface area contributed by atoms with Crippen molar-refractivity contribution >= 4 is 17.6 Å². The van der Waals surface area contributed by atoms with Gasteiger partial charge in [0.1, 0.15) is 5.82 Å². The van der Waals surface area contributed by atoms with Gasteiger partial charge in [0.25, 0.3) is 0 Å². The number of aliphatic carboxylic acids is 1. The molecule has 1 aromatic carbocycles. The maximum atomic E-state index is 13.4. The van der Waals surface area contributed by atoms with Gasteiger partial charge in [-0.25, -0.2) is 4.39 Å². The number of rotatable bonds is 7. The summed E-state index contributed by atoms with van der Waals surface area (Å²) in [6.45, 7) is 2.09. The number of halogens is 1. The van der Waals surface area contributed by atoms with Crippen molar-refractivity contribution in [2.75, 3.05) is 25.0 Å². The van der Waals surface area contributed by atoms with Crippen LogP contribution < -0.4 is 5.32 Å². The summed E-state index contributed by atoms with van der Waals surface area (Å²) in [5.41, 5.74) is 0.888. The molecular formula is C15H19FN2O3. The SMILES string of the molecule is Cc1ccc(NC(=O)CN(CC(=O)O)CC2CC2)cc1F. The Kier molecular flexibility index (Phi) is 4.90. The molecule has 2 rings (SSSR count). The minimum atomic E-state index is -0.954. The minimum Gasteiger partial charge on any atom is -0.480 e. The summed E-state index contributed by atoms with van der Waals surface area (Å²) >= 11 is 0. The highest BCUT2D eigenvalue weighted by molar-refractivity contribution is 5.92. The average Bonchev–Trinajstić information content (AvgIpc) is 3.16. The Morgan fingerprint density at radius 2 is 2.10 bits per heavy atom. The fraction of sp³-hybridized carbons (Fsp3) is 0.467. The van der Waals surface area contributed by atoms with Gasteiger partial charge >= 0.3 is 5.97 Å². The van der Waals surface area contributed by atoms with Crippen molar-refractivity contribution in [3.8, 4) is 0 Å². The quantitative estimate of drug-likeness (QED) is 0.805. The number of hydrogen-bond acceptors (Lipinski definition) is 3. The molecule has 0 unspecified atom stereocenters. The van der Waals surface area contributed by atoms with Crippen molar-refractivity contribution in [3.63, 3.8) is 0 Å². The van der Waals surface area contributed by atoms with Gasteiger partial charge in [0.05, 0.1) is 13.1 Å². The van der Waals surface area contributed by atoms with Crippen molar-refractivity contribution < 1.29 is 19.1 Å². The largest absolute Gasteiger partial charge is 0.480 e. The topological polar surface area (TPSA) is 69.6 Å². The van der Waals surface area contributed by atoms with Crippen molar-refractivity contribution in [1.82, 2.24) is 4.90 Å². The van der Waals surface area contributed by atoms with Crippen molar-refractivity contribution in [1.29, 1.82) is 0 Å². The van der Waals surface area contributed by atoms with Crippen LogP contribution in [-0.4, -0.2) is 41.5 Å². The van der Waals surface area contributed by atoms with Gasteiger partial charge in [-0.15, -0.1) is 0 Å². The fourth-order valence-electron chi connectivity index (χ4n) is 2.12. The van der Waals surface area contributed by atoms with E-state index in [9.17, 15) is 14.0 Å². The molecule has 1 aliphatic rings. The number of aryl methyl sites for hydroxylation is 1. The molecule has 21 heavy (non-hydrogen) atoms. The van der Waals surface area contributed by atoms with E-state index in [4.69, 9.17) is 5.11 Å². The fourth-order valence-corrected chi connectivity index (χ4v) is 2.12. The Morgan fingerprint density at radius 1 is 1.38 bits per heavy atom. The van der Waals surface area contributed by atoms with Crippen LogP contribution in [-0.2, 0) is 9.59 Å². The molecular weight excluding hydrogens is 275 g/mol. The van der Waals surface area contributed by atoms with E-state index in [1.54, 1.807) is 24.0 Å². The predicted molar refractivity (Wildman–Crippen MR) is 76.6 cm³/mol. The van der Waals surface area contributed by atoms with Gasteiger partial charge in [0.2, 0.25) is 5.91 Å². The van der Waals surface area contributed by atoms with E-state index in [1.807, 2.05) is 0 Å². The Balaban J connectivity index is 1.90. The van der Waals surface area contributed by atoms with E-state index in [2.05, 4.69) is 5.32 Å². The second-order valence-corrected chi connectivity index (χ2v) is 5.52. The molecule has 0 atom stereocenters. The Labute approximate surface area is 122 Å². The van der Waals surface area contributed by atoms with E-state index in [0.29, 0.717) is 23.7 Å². The third kappa shape index (κ3) is 5.15. The van der Waals surface area contributed by atoms with Crippen LogP contribution in [0.5, 0.6) is 0 Å². The standard InChI is InChI=1S/C15H19FN2O3/c1-10-2-5-12(6-13(10)16)17-14(19)8-18(9-15(20)21)7-11-3-4-11/h2,5-6,11H,3-4,7-9H2,1H3,(H,17,19)(H,20,21). The van der Waals surface area contributed by atoms with Gasteiger partial charge in [-0.1, -0.05) is 6.07 Å². The third-order valence-corrected chi connectivity index (χ3v) is 3.39. The smallest absolute Gasteiger partial charge is 0.317 e. The summed E-state index contributed by atoms with van der Waals surface area (Å²) in [5, 5.41) is 11.5. The first-order valence-corrected chi connectivity index (χ1v) is 6.94. The molecule has 114 valence electrons. The van der Waals surface area contributed by atoms with E-state index in [0.717, 1.165) is 12.8 Å². The molecule has 0 aliphatic heterocycles. The predicted octanol–water partition coefficient (Wildman–Crippen LogP) is 1.87. The number of nitrogens with zero attached hydrogens (tertiary/aromatic N) is 1. The number of hydrogen-bond donors (Lipinski definition) is 2.